The van der Waals surface area contributed by atoms with Gasteiger partial charge in [0, 0.05) is 22.6 Å². The Morgan fingerprint density at radius 1 is 0.893 bits per heavy atom. The first kappa shape index (κ1) is 19.1. The molecule has 3 aromatic rings. The van der Waals surface area contributed by atoms with E-state index >= 15 is 0 Å². The first-order valence-electron chi connectivity index (χ1n) is 8.77. The van der Waals surface area contributed by atoms with Crippen molar-refractivity contribution in [1.82, 2.24) is 9.99 Å². The van der Waals surface area contributed by atoms with Crippen LogP contribution in [0.1, 0.15) is 37.7 Å². The standard InChI is InChI=1S/C22H21N3O3/c1-15-4-5-16(2)25(15)20-12-10-18(11-13-20)21(26)24-23-14-17-6-8-19(9-7-17)22(27)28-3/h4-14H,1-3H3,(H,24,26)/b23-14+. The molecule has 1 heterocycles. The molecular weight excluding hydrogens is 354 g/mol. The summed E-state index contributed by atoms with van der Waals surface area (Å²) in [6.45, 7) is 4.08. The third-order valence-electron chi connectivity index (χ3n) is 4.37. The molecule has 0 fully saturated rings. The number of aromatic nitrogens is 1. The number of amides is 1. The molecule has 0 atom stereocenters. The van der Waals surface area contributed by atoms with Crippen LogP contribution in [0.4, 0.5) is 0 Å². The first-order valence-corrected chi connectivity index (χ1v) is 8.77. The maximum absolute atomic E-state index is 12.3. The number of hydrazone groups is 1. The van der Waals surface area contributed by atoms with Crippen molar-refractivity contribution in [1.29, 1.82) is 0 Å². The first-order chi connectivity index (χ1) is 13.5. The van der Waals surface area contributed by atoms with E-state index in [1.165, 1.54) is 13.3 Å². The molecule has 1 aromatic heterocycles. The Bertz CT molecular complexity index is 997. The van der Waals surface area contributed by atoms with Gasteiger partial charge < -0.3 is 9.30 Å². The summed E-state index contributed by atoms with van der Waals surface area (Å²) in [4.78, 5) is 23.7. The Balaban J connectivity index is 1.63. The van der Waals surface area contributed by atoms with Crippen LogP contribution >= 0.6 is 0 Å². The third-order valence-corrected chi connectivity index (χ3v) is 4.37. The van der Waals surface area contributed by atoms with Crippen molar-refractivity contribution < 1.29 is 14.3 Å². The van der Waals surface area contributed by atoms with Crippen LogP contribution in [0.3, 0.4) is 0 Å². The average molecular weight is 375 g/mol. The number of ether oxygens (including phenoxy) is 1. The summed E-state index contributed by atoms with van der Waals surface area (Å²) >= 11 is 0. The third kappa shape index (κ3) is 4.17. The van der Waals surface area contributed by atoms with Crippen LogP contribution in [0.2, 0.25) is 0 Å². The number of nitrogens with one attached hydrogen (secondary N) is 1. The number of rotatable bonds is 5. The van der Waals surface area contributed by atoms with E-state index < -0.39 is 5.97 Å². The number of esters is 1. The molecule has 28 heavy (non-hydrogen) atoms. The lowest BCUT2D eigenvalue weighted by molar-refractivity contribution is 0.0600. The highest BCUT2D eigenvalue weighted by molar-refractivity contribution is 5.95. The van der Waals surface area contributed by atoms with Gasteiger partial charge in [-0.15, -0.1) is 0 Å². The topological polar surface area (TPSA) is 72.7 Å². The zero-order chi connectivity index (χ0) is 20.1. The van der Waals surface area contributed by atoms with Crippen molar-refractivity contribution in [2.45, 2.75) is 13.8 Å². The summed E-state index contributed by atoms with van der Waals surface area (Å²) < 4.78 is 6.77. The Hall–Kier alpha value is -3.67. The lowest BCUT2D eigenvalue weighted by atomic mass is 10.1. The van der Waals surface area contributed by atoms with Crippen molar-refractivity contribution in [3.63, 3.8) is 0 Å². The molecule has 0 spiro atoms. The average Bonchev–Trinajstić information content (AvgIpc) is 3.06. The van der Waals surface area contributed by atoms with Gasteiger partial charge >= 0.3 is 5.97 Å². The minimum atomic E-state index is -0.398. The molecule has 3 rings (SSSR count). The smallest absolute Gasteiger partial charge is 0.337 e. The molecule has 0 aliphatic heterocycles. The second-order valence-corrected chi connectivity index (χ2v) is 6.31. The van der Waals surface area contributed by atoms with Crippen molar-refractivity contribution in [2.24, 2.45) is 5.10 Å². The van der Waals surface area contributed by atoms with Crippen molar-refractivity contribution in [3.05, 3.63) is 88.7 Å². The second kappa shape index (κ2) is 8.35. The molecule has 0 aliphatic carbocycles. The highest BCUT2D eigenvalue weighted by atomic mass is 16.5. The van der Waals surface area contributed by atoms with Crippen LogP contribution in [0.15, 0.2) is 65.8 Å². The van der Waals surface area contributed by atoms with Crippen molar-refractivity contribution >= 4 is 18.1 Å². The molecular formula is C22H21N3O3. The molecule has 142 valence electrons. The van der Waals surface area contributed by atoms with E-state index in [1.54, 1.807) is 36.4 Å². The SMILES string of the molecule is COC(=O)c1ccc(/C=N/NC(=O)c2ccc(-n3c(C)ccc3C)cc2)cc1. The minimum absolute atomic E-state index is 0.296. The molecule has 6 nitrogen and oxygen atoms in total. The van der Waals surface area contributed by atoms with Crippen molar-refractivity contribution in [3.8, 4) is 5.69 Å². The summed E-state index contributed by atoms with van der Waals surface area (Å²) in [6, 6.07) is 18.2. The number of hydrogen-bond acceptors (Lipinski definition) is 4. The van der Waals surface area contributed by atoms with Gasteiger partial charge in [-0.25, -0.2) is 10.2 Å². The van der Waals surface area contributed by atoms with Gasteiger partial charge in [0.05, 0.1) is 18.9 Å². The summed E-state index contributed by atoms with van der Waals surface area (Å²) in [6.07, 6.45) is 1.51. The number of nitrogens with zero attached hydrogens (tertiary/aromatic N) is 2. The van der Waals surface area contributed by atoms with Gasteiger partial charge in [0.2, 0.25) is 0 Å². The maximum Gasteiger partial charge on any atom is 0.337 e. The van der Waals surface area contributed by atoms with E-state index in [0.717, 1.165) is 22.6 Å². The van der Waals surface area contributed by atoms with Crippen LogP contribution in [0.25, 0.3) is 5.69 Å². The Morgan fingerprint density at radius 2 is 1.46 bits per heavy atom. The minimum Gasteiger partial charge on any atom is -0.465 e. The molecule has 6 heteroatoms. The van der Waals surface area contributed by atoms with Gasteiger partial charge in [-0.1, -0.05) is 12.1 Å². The number of aryl methyl sites for hydroxylation is 2. The van der Waals surface area contributed by atoms with Gasteiger partial charge in [-0.05, 0) is 67.9 Å². The zero-order valence-corrected chi connectivity index (χ0v) is 16.0. The number of hydrogen-bond donors (Lipinski definition) is 1. The van der Waals surface area contributed by atoms with E-state index in [4.69, 9.17) is 0 Å². The summed E-state index contributed by atoms with van der Waals surface area (Å²) in [5, 5.41) is 3.97. The number of carbonyl (C=O) groups is 2. The summed E-state index contributed by atoms with van der Waals surface area (Å²) in [5.74, 6) is -0.694. The van der Waals surface area contributed by atoms with E-state index in [1.807, 2.05) is 26.0 Å². The molecule has 0 saturated heterocycles. The number of methoxy groups -OCH3 is 1. The Morgan fingerprint density at radius 3 is 2.04 bits per heavy atom. The predicted molar refractivity (Wildman–Crippen MR) is 108 cm³/mol. The molecule has 1 amide bonds. The Kier molecular flexibility index (Phi) is 5.69. The largest absolute Gasteiger partial charge is 0.465 e. The van der Waals surface area contributed by atoms with Crippen LogP contribution in [-0.2, 0) is 4.74 Å². The fourth-order valence-corrected chi connectivity index (χ4v) is 2.89. The number of carbonyl (C=O) groups excluding carboxylic acids is 2. The molecule has 2 aromatic carbocycles. The molecule has 1 N–H and O–H groups in total. The monoisotopic (exact) mass is 375 g/mol. The fourth-order valence-electron chi connectivity index (χ4n) is 2.89. The fraction of sp³-hybridized carbons (Fsp3) is 0.136. The quantitative estimate of drug-likeness (QED) is 0.420. The van der Waals surface area contributed by atoms with Crippen LogP contribution in [0.5, 0.6) is 0 Å². The van der Waals surface area contributed by atoms with E-state index in [-0.39, 0.29) is 5.91 Å². The van der Waals surface area contributed by atoms with Gasteiger partial charge in [0.15, 0.2) is 0 Å². The molecule has 0 aliphatic rings. The lowest BCUT2D eigenvalue weighted by Gasteiger charge is -2.10. The zero-order valence-electron chi connectivity index (χ0n) is 16.0. The van der Waals surface area contributed by atoms with Gasteiger partial charge in [0.1, 0.15) is 0 Å². The van der Waals surface area contributed by atoms with E-state index in [2.05, 4.69) is 32.0 Å². The van der Waals surface area contributed by atoms with Crippen LogP contribution in [0, 0.1) is 13.8 Å². The summed E-state index contributed by atoms with van der Waals surface area (Å²) in [5.41, 5.74) is 7.51. The van der Waals surface area contributed by atoms with Crippen LogP contribution < -0.4 is 5.43 Å². The van der Waals surface area contributed by atoms with E-state index in [9.17, 15) is 9.59 Å². The maximum atomic E-state index is 12.3. The summed E-state index contributed by atoms with van der Waals surface area (Å²) in [7, 11) is 1.33. The van der Waals surface area contributed by atoms with Crippen molar-refractivity contribution in [2.75, 3.05) is 7.11 Å². The highest BCUT2D eigenvalue weighted by Gasteiger charge is 2.07. The predicted octanol–water partition coefficient (Wildman–Crippen LogP) is 3.64. The van der Waals surface area contributed by atoms with Gasteiger partial charge in [0.25, 0.3) is 5.91 Å². The normalized spacial score (nSPS) is 10.8. The lowest BCUT2D eigenvalue weighted by Crippen LogP contribution is -2.17. The second-order valence-electron chi connectivity index (χ2n) is 6.31. The van der Waals surface area contributed by atoms with Gasteiger partial charge in [-0.2, -0.15) is 5.10 Å². The molecule has 0 radical (unpaired) electrons. The van der Waals surface area contributed by atoms with E-state index in [0.29, 0.717) is 11.1 Å². The number of benzene rings is 2. The highest BCUT2D eigenvalue weighted by Crippen LogP contribution is 2.16. The van der Waals surface area contributed by atoms with Crippen LogP contribution in [-0.4, -0.2) is 29.8 Å². The molecule has 0 saturated carbocycles. The Labute approximate surface area is 163 Å². The molecule has 0 bridgehead atoms. The van der Waals surface area contributed by atoms with Gasteiger partial charge in [-0.3, -0.25) is 4.79 Å². The molecule has 0 unspecified atom stereocenters.